The summed E-state index contributed by atoms with van der Waals surface area (Å²) in [4.78, 5) is 11.5. The molecule has 6 heteroatoms. The molecule has 1 amide bonds. The van der Waals surface area contributed by atoms with Crippen molar-refractivity contribution in [3.05, 3.63) is 29.3 Å². The van der Waals surface area contributed by atoms with Crippen molar-refractivity contribution in [2.75, 3.05) is 5.32 Å². The van der Waals surface area contributed by atoms with Gasteiger partial charge in [0.25, 0.3) is 0 Å². The van der Waals surface area contributed by atoms with Crippen LogP contribution in [0.25, 0.3) is 0 Å². The van der Waals surface area contributed by atoms with E-state index in [0.717, 1.165) is 0 Å². The second kappa shape index (κ2) is 4.18. The van der Waals surface area contributed by atoms with Gasteiger partial charge in [-0.25, -0.2) is 0 Å². The third-order valence-corrected chi connectivity index (χ3v) is 1.91. The molecule has 2 heterocycles. The van der Waals surface area contributed by atoms with E-state index in [9.17, 15) is 4.79 Å². The highest BCUT2D eigenvalue weighted by atomic mass is 16.5. The fraction of sp³-hybridized carbons (Fsp3) is 0.300. The lowest BCUT2D eigenvalue weighted by Crippen LogP contribution is -2.14. The van der Waals surface area contributed by atoms with Gasteiger partial charge in [-0.05, 0) is 13.8 Å². The van der Waals surface area contributed by atoms with Gasteiger partial charge < -0.3 is 14.4 Å². The average molecular weight is 221 g/mol. The minimum atomic E-state index is -0.207. The molecule has 0 atom stereocenters. The van der Waals surface area contributed by atoms with Crippen molar-refractivity contribution < 1.29 is 13.8 Å². The van der Waals surface area contributed by atoms with E-state index in [0.29, 0.717) is 23.0 Å². The highest BCUT2D eigenvalue weighted by Crippen LogP contribution is 2.08. The molecule has 0 fully saturated rings. The van der Waals surface area contributed by atoms with Gasteiger partial charge in [0.15, 0.2) is 5.82 Å². The Hall–Kier alpha value is -2.11. The Kier molecular flexibility index (Phi) is 2.72. The van der Waals surface area contributed by atoms with E-state index in [1.807, 2.05) is 0 Å². The Morgan fingerprint density at radius 2 is 1.94 bits per heavy atom. The third kappa shape index (κ3) is 2.47. The molecule has 0 unspecified atom stereocenters. The summed E-state index contributed by atoms with van der Waals surface area (Å²) in [6.07, 6.45) is 0.156. The van der Waals surface area contributed by atoms with Gasteiger partial charge in [0, 0.05) is 12.1 Å². The highest BCUT2D eigenvalue weighted by Gasteiger charge is 2.09. The summed E-state index contributed by atoms with van der Waals surface area (Å²) in [6, 6.07) is 3.36. The van der Waals surface area contributed by atoms with E-state index >= 15 is 0 Å². The Balaban J connectivity index is 1.94. The normalized spacial score (nSPS) is 10.4. The maximum atomic E-state index is 11.5. The first-order chi connectivity index (χ1) is 7.63. The minimum absolute atomic E-state index is 0.156. The van der Waals surface area contributed by atoms with Gasteiger partial charge in [0.05, 0.1) is 12.1 Å². The topological polar surface area (TPSA) is 81.2 Å². The zero-order valence-electron chi connectivity index (χ0n) is 8.98. The van der Waals surface area contributed by atoms with Crippen LogP contribution in [-0.4, -0.2) is 16.2 Å². The fourth-order valence-corrected chi connectivity index (χ4v) is 1.28. The van der Waals surface area contributed by atoms with Crippen molar-refractivity contribution in [1.29, 1.82) is 0 Å². The van der Waals surface area contributed by atoms with Crippen molar-refractivity contribution in [3.63, 3.8) is 0 Å². The minimum Gasteiger partial charge on any atom is -0.361 e. The Bertz CT molecular complexity index is 457. The summed E-state index contributed by atoms with van der Waals surface area (Å²) < 4.78 is 9.68. The van der Waals surface area contributed by atoms with E-state index in [1.54, 1.807) is 26.0 Å². The predicted molar refractivity (Wildman–Crippen MR) is 54.8 cm³/mol. The molecular weight excluding hydrogens is 210 g/mol. The molecule has 2 rings (SSSR count). The van der Waals surface area contributed by atoms with Crippen LogP contribution in [0.3, 0.4) is 0 Å². The number of hydrogen-bond acceptors (Lipinski definition) is 5. The molecule has 0 saturated heterocycles. The summed E-state index contributed by atoms with van der Waals surface area (Å²) in [6.45, 7) is 3.53. The number of nitrogens with one attached hydrogen (secondary N) is 1. The lowest BCUT2D eigenvalue weighted by atomic mass is 10.3. The summed E-state index contributed by atoms with van der Waals surface area (Å²) in [7, 11) is 0. The van der Waals surface area contributed by atoms with Gasteiger partial charge in [-0.15, -0.1) is 0 Å². The molecule has 0 aromatic carbocycles. The molecule has 0 aliphatic heterocycles. The van der Waals surface area contributed by atoms with Crippen molar-refractivity contribution in [3.8, 4) is 0 Å². The zero-order chi connectivity index (χ0) is 11.5. The second-order valence-electron chi connectivity index (χ2n) is 3.48. The molecule has 0 radical (unpaired) electrons. The molecule has 84 valence electrons. The second-order valence-corrected chi connectivity index (χ2v) is 3.48. The number of amides is 1. The quantitative estimate of drug-likeness (QED) is 0.848. The Labute approximate surface area is 91.6 Å². The smallest absolute Gasteiger partial charge is 0.231 e. The van der Waals surface area contributed by atoms with E-state index < -0.39 is 0 Å². The molecule has 1 N–H and O–H groups in total. The number of aryl methyl sites for hydroxylation is 2. The van der Waals surface area contributed by atoms with Crippen molar-refractivity contribution in [2.24, 2.45) is 0 Å². The Morgan fingerprint density at radius 1 is 1.25 bits per heavy atom. The molecule has 2 aromatic heterocycles. The van der Waals surface area contributed by atoms with Crippen LogP contribution in [0.15, 0.2) is 21.2 Å². The van der Waals surface area contributed by atoms with Crippen LogP contribution in [0.2, 0.25) is 0 Å². The summed E-state index contributed by atoms with van der Waals surface area (Å²) >= 11 is 0. The molecule has 0 spiro atoms. The highest BCUT2D eigenvalue weighted by molar-refractivity contribution is 5.91. The molecule has 0 aliphatic rings. The van der Waals surface area contributed by atoms with Crippen LogP contribution >= 0.6 is 0 Å². The van der Waals surface area contributed by atoms with Gasteiger partial charge in [0.1, 0.15) is 11.5 Å². The van der Waals surface area contributed by atoms with Gasteiger partial charge in [-0.2, -0.15) is 0 Å². The number of anilines is 1. The van der Waals surface area contributed by atoms with Crippen LogP contribution in [0.5, 0.6) is 0 Å². The number of nitrogens with zero attached hydrogens (tertiary/aromatic N) is 2. The maximum absolute atomic E-state index is 11.5. The molecule has 0 saturated carbocycles. The molecule has 6 nitrogen and oxygen atoms in total. The van der Waals surface area contributed by atoms with Gasteiger partial charge >= 0.3 is 0 Å². The first-order valence-corrected chi connectivity index (χ1v) is 4.79. The standard InChI is InChI=1S/C10H11N3O3/c1-6-3-8(12-15-6)5-10(14)11-9-4-7(2)16-13-9/h3-4H,5H2,1-2H3,(H,11,13,14). The number of carbonyl (C=O) groups is 1. The number of aromatic nitrogens is 2. The number of rotatable bonds is 3. The van der Waals surface area contributed by atoms with Crippen molar-refractivity contribution in [2.45, 2.75) is 20.3 Å². The Morgan fingerprint density at radius 3 is 2.50 bits per heavy atom. The van der Waals surface area contributed by atoms with Crippen LogP contribution in [0.1, 0.15) is 17.2 Å². The van der Waals surface area contributed by atoms with Gasteiger partial charge in [0.2, 0.25) is 5.91 Å². The third-order valence-electron chi connectivity index (χ3n) is 1.91. The lowest BCUT2D eigenvalue weighted by molar-refractivity contribution is -0.115. The number of carbonyl (C=O) groups excluding carboxylic acids is 1. The van der Waals surface area contributed by atoms with Crippen LogP contribution in [0, 0.1) is 13.8 Å². The van der Waals surface area contributed by atoms with E-state index in [2.05, 4.69) is 15.6 Å². The monoisotopic (exact) mass is 221 g/mol. The summed E-state index contributed by atoms with van der Waals surface area (Å²) in [5, 5.41) is 9.97. The number of hydrogen-bond donors (Lipinski definition) is 1. The van der Waals surface area contributed by atoms with Gasteiger partial charge in [-0.3, -0.25) is 4.79 Å². The molecular formula is C10H11N3O3. The van der Waals surface area contributed by atoms with E-state index in [4.69, 9.17) is 9.05 Å². The lowest BCUT2D eigenvalue weighted by Gasteiger charge is -1.96. The van der Waals surface area contributed by atoms with Crippen LogP contribution in [0.4, 0.5) is 5.82 Å². The molecule has 2 aromatic rings. The SMILES string of the molecule is Cc1cc(CC(=O)Nc2cc(C)on2)no1. The average Bonchev–Trinajstić information content (AvgIpc) is 2.76. The first-order valence-electron chi connectivity index (χ1n) is 4.79. The first kappa shape index (κ1) is 10.4. The van der Waals surface area contributed by atoms with Crippen LogP contribution < -0.4 is 5.32 Å². The maximum Gasteiger partial charge on any atom is 0.231 e. The van der Waals surface area contributed by atoms with Crippen molar-refractivity contribution in [1.82, 2.24) is 10.3 Å². The van der Waals surface area contributed by atoms with Crippen LogP contribution in [-0.2, 0) is 11.2 Å². The molecule has 0 aliphatic carbocycles. The van der Waals surface area contributed by atoms with E-state index in [1.165, 1.54) is 0 Å². The molecule has 16 heavy (non-hydrogen) atoms. The molecule has 0 bridgehead atoms. The summed E-state index contributed by atoms with van der Waals surface area (Å²) in [5.41, 5.74) is 0.593. The predicted octanol–water partition coefficient (Wildman–Crippen LogP) is 1.46. The van der Waals surface area contributed by atoms with Gasteiger partial charge in [-0.1, -0.05) is 10.3 Å². The summed E-state index contributed by atoms with van der Waals surface area (Å²) in [5.74, 6) is 1.52. The zero-order valence-corrected chi connectivity index (χ0v) is 8.98. The van der Waals surface area contributed by atoms with E-state index in [-0.39, 0.29) is 12.3 Å². The largest absolute Gasteiger partial charge is 0.361 e. The van der Waals surface area contributed by atoms with Crippen molar-refractivity contribution >= 4 is 11.7 Å². The fourth-order valence-electron chi connectivity index (χ4n) is 1.28.